The number of methoxy groups -OCH3 is 2. The molecular weight excluding hydrogens is 384 g/mol. The molecule has 0 bridgehead atoms. The Morgan fingerprint density at radius 3 is 2.43 bits per heavy atom. The Hall–Kier alpha value is -2.80. The van der Waals surface area contributed by atoms with Gasteiger partial charge in [0.1, 0.15) is 16.5 Å². The number of aryl methyl sites for hydroxylation is 1. The van der Waals surface area contributed by atoms with Crippen LogP contribution in [-0.2, 0) is 6.54 Å². The standard InChI is InChI=1S/C20H21ClN2O5/c1-11(2)5-6-22-15-10-14(21)16(23(25)26)9-13(15)20(24)19-17(22)7-12(27-3)8-18(19)28-4/h7-11H,5-6H2,1-4H3. The molecule has 1 aromatic heterocycles. The molecule has 2 aromatic carbocycles. The Morgan fingerprint density at radius 2 is 1.86 bits per heavy atom. The van der Waals surface area contributed by atoms with Gasteiger partial charge in [-0.1, -0.05) is 25.4 Å². The first-order chi connectivity index (χ1) is 13.3. The summed E-state index contributed by atoms with van der Waals surface area (Å²) in [6.45, 7) is 4.81. The van der Waals surface area contributed by atoms with Crippen molar-refractivity contribution < 1.29 is 14.4 Å². The quantitative estimate of drug-likeness (QED) is 0.335. The van der Waals surface area contributed by atoms with Crippen molar-refractivity contribution in [1.29, 1.82) is 0 Å². The van der Waals surface area contributed by atoms with E-state index < -0.39 is 4.92 Å². The third-order valence-electron chi connectivity index (χ3n) is 4.76. The third kappa shape index (κ3) is 3.38. The largest absolute Gasteiger partial charge is 0.497 e. The number of nitrogens with zero attached hydrogens (tertiary/aromatic N) is 2. The van der Waals surface area contributed by atoms with Gasteiger partial charge in [0, 0.05) is 24.7 Å². The van der Waals surface area contributed by atoms with Crippen molar-refractivity contribution in [2.24, 2.45) is 5.92 Å². The Labute approximate surface area is 166 Å². The van der Waals surface area contributed by atoms with E-state index in [1.807, 2.05) is 4.57 Å². The van der Waals surface area contributed by atoms with Crippen molar-refractivity contribution in [2.45, 2.75) is 26.8 Å². The summed E-state index contributed by atoms with van der Waals surface area (Å²) < 4.78 is 12.7. The summed E-state index contributed by atoms with van der Waals surface area (Å²) in [7, 11) is 3.01. The van der Waals surface area contributed by atoms with Gasteiger partial charge in [0.2, 0.25) is 5.43 Å². The first-order valence-corrected chi connectivity index (χ1v) is 9.22. The fourth-order valence-electron chi connectivity index (χ4n) is 3.29. The topological polar surface area (TPSA) is 83.6 Å². The SMILES string of the molecule is COc1cc(OC)c2c(=O)c3cc([N+](=O)[O-])c(Cl)cc3n(CCC(C)C)c2c1. The predicted octanol–water partition coefficient (Wildman–Crippen LogP) is 4.78. The van der Waals surface area contributed by atoms with Gasteiger partial charge in [0.15, 0.2) is 0 Å². The van der Waals surface area contributed by atoms with Gasteiger partial charge >= 0.3 is 0 Å². The minimum atomic E-state index is -0.588. The molecule has 0 radical (unpaired) electrons. The highest BCUT2D eigenvalue weighted by Gasteiger charge is 2.21. The third-order valence-corrected chi connectivity index (χ3v) is 5.06. The van der Waals surface area contributed by atoms with Crippen LogP contribution in [0.5, 0.6) is 11.5 Å². The molecule has 0 fully saturated rings. The summed E-state index contributed by atoms with van der Waals surface area (Å²) in [5.74, 6) is 1.33. The lowest BCUT2D eigenvalue weighted by Crippen LogP contribution is -2.14. The van der Waals surface area contributed by atoms with Crippen LogP contribution < -0.4 is 14.9 Å². The molecule has 0 spiro atoms. The zero-order valence-corrected chi connectivity index (χ0v) is 16.9. The van der Waals surface area contributed by atoms with E-state index in [-0.39, 0.29) is 21.5 Å². The average molecular weight is 405 g/mol. The van der Waals surface area contributed by atoms with Crippen LogP contribution in [0.3, 0.4) is 0 Å². The first-order valence-electron chi connectivity index (χ1n) is 8.84. The molecule has 148 valence electrons. The minimum absolute atomic E-state index is 0.00981. The van der Waals surface area contributed by atoms with Crippen molar-refractivity contribution >= 4 is 39.1 Å². The molecule has 0 saturated carbocycles. The van der Waals surface area contributed by atoms with Crippen molar-refractivity contribution in [3.05, 3.63) is 49.6 Å². The lowest BCUT2D eigenvalue weighted by atomic mass is 10.1. The first kappa shape index (κ1) is 19.9. The summed E-state index contributed by atoms with van der Waals surface area (Å²) in [6.07, 6.45) is 0.848. The molecular formula is C20H21ClN2O5. The number of fused-ring (bicyclic) bond motifs is 2. The van der Waals surface area contributed by atoms with E-state index in [0.717, 1.165) is 6.42 Å². The van der Waals surface area contributed by atoms with Crippen molar-refractivity contribution in [2.75, 3.05) is 14.2 Å². The number of ether oxygens (including phenoxy) is 2. The minimum Gasteiger partial charge on any atom is -0.497 e. The van der Waals surface area contributed by atoms with Crippen LogP contribution in [0.2, 0.25) is 5.02 Å². The van der Waals surface area contributed by atoms with Crippen LogP contribution in [0.15, 0.2) is 29.1 Å². The zero-order valence-electron chi connectivity index (χ0n) is 16.1. The van der Waals surface area contributed by atoms with Crippen LogP contribution in [-0.4, -0.2) is 23.7 Å². The summed E-state index contributed by atoms with van der Waals surface area (Å²) in [5.41, 5.74) is 0.543. The second kappa shape index (κ2) is 7.67. The van der Waals surface area contributed by atoms with Crippen molar-refractivity contribution in [1.82, 2.24) is 4.57 Å². The molecule has 1 heterocycles. The second-order valence-corrected chi connectivity index (χ2v) is 7.37. The molecule has 28 heavy (non-hydrogen) atoms. The Balaban J connectivity index is 2.53. The summed E-state index contributed by atoms with van der Waals surface area (Å²) in [4.78, 5) is 24.0. The normalized spacial score (nSPS) is 11.4. The molecule has 3 rings (SSSR count). The molecule has 0 aliphatic rings. The number of rotatable bonds is 6. The number of pyridine rings is 1. The fraction of sp³-hybridized carbons (Fsp3) is 0.350. The number of halogens is 1. The molecule has 3 aromatic rings. The summed E-state index contributed by atoms with van der Waals surface area (Å²) in [6, 6.07) is 6.14. The Kier molecular flexibility index (Phi) is 5.47. The van der Waals surface area contributed by atoms with E-state index in [2.05, 4.69) is 13.8 Å². The van der Waals surface area contributed by atoms with Gasteiger partial charge in [-0.3, -0.25) is 14.9 Å². The molecule has 0 aliphatic heterocycles. The second-order valence-electron chi connectivity index (χ2n) is 6.96. The lowest BCUT2D eigenvalue weighted by Gasteiger charge is -2.18. The number of aromatic nitrogens is 1. The summed E-state index contributed by atoms with van der Waals surface area (Å²) >= 11 is 6.15. The lowest BCUT2D eigenvalue weighted by molar-refractivity contribution is -0.384. The number of nitro benzene ring substituents is 1. The molecule has 8 heteroatoms. The van der Waals surface area contributed by atoms with Crippen LogP contribution in [0.25, 0.3) is 21.8 Å². The van der Waals surface area contributed by atoms with E-state index in [0.29, 0.717) is 40.4 Å². The highest BCUT2D eigenvalue weighted by molar-refractivity contribution is 6.33. The highest BCUT2D eigenvalue weighted by Crippen LogP contribution is 2.35. The van der Waals surface area contributed by atoms with Gasteiger partial charge in [0.25, 0.3) is 5.69 Å². The van der Waals surface area contributed by atoms with Crippen LogP contribution in [0, 0.1) is 16.0 Å². The maximum atomic E-state index is 13.2. The molecule has 0 aliphatic carbocycles. The monoisotopic (exact) mass is 404 g/mol. The van der Waals surface area contributed by atoms with E-state index in [1.54, 1.807) is 19.2 Å². The van der Waals surface area contributed by atoms with Gasteiger partial charge in [0.05, 0.1) is 40.9 Å². The molecule has 0 atom stereocenters. The van der Waals surface area contributed by atoms with Crippen LogP contribution in [0.1, 0.15) is 20.3 Å². The highest BCUT2D eigenvalue weighted by atomic mass is 35.5. The predicted molar refractivity (Wildman–Crippen MR) is 110 cm³/mol. The molecule has 7 nitrogen and oxygen atoms in total. The van der Waals surface area contributed by atoms with E-state index in [4.69, 9.17) is 21.1 Å². The average Bonchev–Trinajstić information content (AvgIpc) is 2.65. The molecule has 0 amide bonds. The molecule has 0 unspecified atom stereocenters. The molecule has 0 saturated heterocycles. The maximum absolute atomic E-state index is 13.2. The zero-order chi connectivity index (χ0) is 20.6. The number of hydrogen-bond donors (Lipinski definition) is 0. The fourth-order valence-corrected chi connectivity index (χ4v) is 3.51. The summed E-state index contributed by atoms with van der Waals surface area (Å²) in [5, 5.41) is 11.9. The van der Waals surface area contributed by atoms with E-state index >= 15 is 0 Å². The van der Waals surface area contributed by atoms with Crippen molar-refractivity contribution in [3.8, 4) is 11.5 Å². The van der Waals surface area contributed by atoms with E-state index in [1.165, 1.54) is 19.2 Å². The number of benzene rings is 2. The van der Waals surface area contributed by atoms with Crippen molar-refractivity contribution in [3.63, 3.8) is 0 Å². The van der Waals surface area contributed by atoms with Gasteiger partial charge in [-0.25, -0.2) is 0 Å². The van der Waals surface area contributed by atoms with Crippen LogP contribution >= 0.6 is 11.6 Å². The maximum Gasteiger partial charge on any atom is 0.288 e. The number of nitro groups is 1. The van der Waals surface area contributed by atoms with Crippen LogP contribution in [0.4, 0.5) is 5.69 Å². The Morgan fingerprint density at radius 1 is 1.14 bits per heavy atom. The van der Waals surface area contributed by atoms with Gasteiger partial charge in [-0.2, -0.15) is 0 Å². The van der Waals surface area contributed by atoms with E-state index in [9.17, 15) is 14.9 Å². The van der Waals surface area contributed by atoms with Gasteiger partial charge in [-0.15, -0.1) is 0 Å². The number of hydrogen-bond acceptors (Lipinski definition) is 5. The smallest absolute Gasteiger partial charge is 0.288 e. The molecule has 0 N–H and O–H groups in total. The Bertz CT molecular complexity index is 1140. The van der Waals surface area contributed by atoms with Gasteiger partial charge in [-0.05, 0) is 18.4 Å². The van der Waals surface area contributed by atoms with Gasteiger partial charge < -0.3 is 14.0 Å².